The minimum Gasteiger partial charge on any atom is -0.351 e. The summed E-state index contributed by atoms with van der Waals surface area (Å²) >= 11 is 4.30. The SMILES string of the molecule is CC(CBr)CCCNC(=O)c1ccc([N+](=O)[O-])s1. The van der Waals surface area contributed by atoms with Gasteiger partial charge < -0.3 is 5.32 Å². The van der Waals surface area contributed by atoms with E-state index in [1.54, 1.807) is 0 Å². The molecule has 1 heterocycles. The van der Waals surface area contributed by atoms with Crippen molar-refractivity contribution in [3.8, 4) is 0 Å². The lowest BCUT2D eigenvalue weighted by atomic mass is 10.1. The van der Waals surface area contributed by atoms with E-state index >= 15 is 0 Å². The molecule has 0 radical (unpaired) electrons. The van der Waals surface area contributed by atoms with Crippen LogP contribution in [0.15, 0.2) is 12.1 Å². The van der Waals surface area contributed by atoms with Crippen molar-refractivity contribution in [3.05, 3.63) is 27.1 Å². The molecule has 0 bridgehead atoms. The van der Waals surface area contributed by atoms with Gasteiger partial charge in [0.15, 0.2) is 0 Å². The fourth-order valence-electron chi connectivity index (χ4n) is 1.36. The first-order chi connectivity index (χ1) is 8.54. The van der Waals surface area contributed by atoms with E-state index < -0.39 is 4.92 Å². The second-order valence-corrected chi connectivity index (χ2v) is 5.76. The Kier molecular flexibility index (Phi) is 6.28. The number of thiophene rings is 1. The molecular formula is C11H15BrN2O3S. The molecule has 1 aromatic rings. The number of amides is 1. The van der Waals surface area contributed by atoms with Gasteiger partial charge in [0.1, 0.15) is 0 Å². The Labute approximate surface area is 118 Å². The molecule has 100 valence electrons. The summed E-state index contributed by atoms with van der Waals surface area (Å²) in [4.78, 5) is 22.0. The van der Waals surface area contributed by atoms with Crippen molar-refractivity contribution in [1.82, 2.24) is 5.32 Å². The zero-order valence-corrected chi connectivity index (χ0v) is 12.4. The van der Waals surface area contributed by atoms with E-state index in [-0.39, 0.29) is 10.9 Å². The topological polar surface area (TPSA) is 72.2 Å². The maximum atomic E-state index is 11.7. The predicted octanol–water partition coefficient (Wildman–Crippen LogP) is 3.20. The molecule has 1 amide bonds. The van der Waals surface area contributed by atoms with Crippen molar-refractivity contribution >= 4 is 38.2 Å². The minimum absolute atomic E-state index is 0.00643. The Morgan fingerprint density at radius 1 is 1.61 bits per heavy atom. The number of hydrogen-bond acceptors (Lipinski definition) is 4. The standard InChI is InChI=1S/C11H15BrN2O3S/c1-8(7-12)3-2-6-13-11(15)9-4-5-10(18-9)14(16)17/h4-5,8H,2-3,6-7H2,1H3,(H,13,15). The van der Waals surface area contributed by atoms with Crippen molar-refractivity contribution in [2.24, 2.45) is 5.92 Å². The van der Waals surface area contributed by atoms with E-state index in [1.807, 2.05) is 0 Å². The van der Waals surface area contributed by atoms with E-state index in [2.05, 4.69) is 28.2 Å². The molecule has 0 spiro atoms. The molecule has 0 aromatic carbocycles. The van der Waals surface area contributed by atoms with Crippen molar-refractivity contribution in [2.75, 3.05) is 11.9 Å². The molecule has 18 heavy (non-hydrogen) atoms. The maximum Gasteiger partial charge on any atom is 0.324 e. The number of nitro groups is 1. The van der Waals surface area contributed by atoms with Crippen LogP contribution < -0.4 is 5.32 Å². The first-order valence-electron chi connectivity index (χ1n) is 5.63. The predicted molar refractivity (Wildman–Crippen MR) is 75.5 cm³/mol. The largest absolute Gasteiger partial charge is 0.351 e. The van der Waals surface area contributed by atoms with Gasteiger partial charge in [-0.25, -0.2) is 0 Å². The second-order valence-electron chi connectivity index (χ2n) is 4.05. The van der Waals surface area contributed by atoms with E-state index in [4.69, 9.17) is 0 Å². The van der Waals surface area contributed by atoms with Crippen LogP contribution in [-0.4, -0.2) is 22.7 Å². The average Bonchev–Trinajstić information content (AvgIpc) is 2.83. The molecule has 1 atom stereocenters. The number of rotatable bonds is 7. The van der Waals surface area contributed by atoms with E-state index in [0.717, 1.165) is 29.5 Å². The first-order valence-corrected chi connectivity index (χ1v) is 7.56. The molecule has 1 unspecified atom stereocenters. The van der Waals surface area contributed by atoms with Crippen LogP contribution in [0.2, 0.25) is 0 Å². The van der Waals surface area contributed by atoms with Crippen molar-refractivity contribution in [2.45, 2.75) is 19.8 Å². The van der Waals surface area contributed by atoms with E-state index in [1.165, 1.54) is 12.1 Å². The number of alkyl halides is 1. The molecular weight excluding hydrogens is 320 g/mol. The quantitative estimate of drug-likeness (QED) is 0.360. The first kappa shape index (κ1) is 15.1. The maximum absolute atomic E-state index is 11.7. The fourth-order valence-corrected chi connectivity index (χ4v) is 2.43. The van der Waals surface area contributed by atoms with Gasteiger partial charge in [-0.05, 0) is 24.8 Å². The Bertz CT molecular complexity index is 422. The molecule has 0 saturated heterocycles. The van der Waals surface area contributed by atoms with Crippen LogP contribution in [-0.2, 0) is 0 Å². The third-order valence-corrected chi connectivity index (χ3v) is 4.56. The zero-order valence-electron chi connectivity index (χ0n) is 10.0. The molecule has 5 nitrogen and oxygen atoms in total. The highest BCUT2D eigenvalue weighted by molar-refractivity contribution is 9.09. The number of nitrogens with zero attached hydrogens (tertiary/aromatic N) is 1. The van der Waals surface area contributed by atoms with Gasteiger partial charge >= 0.3 is 5.00 Å². The summed E-state index contributed by atoms with van der Waals surface area (Å²) in [5.74, 6) is 0.351. The molecule has 0 saturated carbocycles. The van der Waals surface area contributed by atoms with Gasteiger partial charge in [-0.3, -0.25) is 14.9 Å². The van der Waals surface area contributed by atoms with Crippen LogP contribution in [0.3, 0.4) is 0 Å². The van der Waals surface area contributed by atoms with Gasteiger partial charge in [0.2, 0.25) is 0 Å². The summed E-state index contributed by atoms with van der Waals surface area (Å²) in [6, 6.07) is 2.84. The highest BCUT2D eigenvalue weighted by Crippen LogP contribution is 2.23. The van der Waals surface area contributed by atoms with Crippen LogP contribution in [0.5, 0.6) is 0 Å². The summed E-state index contributed by atoms with van der Waals surface area (Å²) in [5, 5.41) is 14.2. The summed E-state index contributed by atoms with van der Waals surface area (Å²) in [7, 11) is 0. The molecule has 0 aliphatic carbocycles. The second kappa shape index (κ2) is 7.48. The summed E-state index contributed by atoms with van der Waals surface area (Å²) in [6.45, 7) is 2.74. The highest BCUT2D eigenvalue weighted by Gasteiger charge is 2.14. The number of carbonyl (C=O) groups excluding carboxylic acids is 1. The third kappa shape index (κ3) is 4.73. The van der Waals surface area contributed by atoms with Crippen LogP contribution in [0.1, 0.15) is 29.4 Å². The van der Waals surface area contributed by atoms with Gasteiger partial charge in [-0.15, -0.1) is 0 Å². The lowest BCUT2D eigenvalue weighted by Gasteiger charge is -2.07. The van der Waals surface area contributed by atoms with Crippen LogP contribution in [0.25, 0.3) is 0 Å². The highest BCUT2D eigenvalue weighted by atomic mass is 79.9. The monoisotopic (exact) mass is 334 g/mol. The Morgan fingerprint density at radius 2 is 2.33 bits per heavy atom. The van der Waals surface area contributed by atoms with Crippen molar-refractivity contribution in [1.29, 1.82) is 0 Å². The zero-order chi connectivity index (χ0) is 13.5. The Balaban J connectivity index is 2.34. The van der Waals surface area contributed by atoms with Crippen molar-refractivity contribution < 1.29 is 9.72 Å². The molecule has 1 N–H and O–H groups in total. The average molecular weight is 335 g/mol. The number of halogens is 1. The van der Waals surface area contributed by atoms with Crippen LogP contribution in [0, 0.1) is 16.0 Å². The van der Waals surface area contributed by atoms with Gasteiger partial charge in [-0.1, -0.05) is 34.2 Å². The summed E-state index contributed by atoms with van der Waals surface area (Å²) in [6.07, 6.45) is 1.95. The smallest absolute Gasteiger partial charge is 0.324 e. The molecule has 0 fully saturated rings. The summed E-state index contributed by atoms with van der Waals surface area (Å²) < 4.78 is 0. The van der Waals surface area contributed by atoms with Gasteiger partial charge in [0.25, 0.3) is 5.91 Å². The third-order valence-electron chi connectivity index (χ3n) is 2.42. The molecule has 1 rings (SSSR count). The lowest BCUT2D eigenvalue weighted by Crippen LogP contribution is -2.23. The van der Waals surface area contributed by atoms with Gasteiger partial charge in [0.05, 0.1) is 9.80 Å². The van der Waals surface area contributed by atoms with E-state index in [9.17, 15) is 14.9 Å². The number of nitrogens with one attached hydrogen (secondary N) is 1. The Morgan fingerprint density at radius 3 is 2.89 bits per heavy atom. The molecule has 0 aliphatic rings. The Hall–Kier alpha value is -0.950. The van der Waals surface area contributed by atoms with Crippen LogP contribution in [0.4, 0.5) is 5.00 Å². The van der Waals surface area contributed by atoms with Gasteiger partial charge in [-0.2, -0.15) is 0 Å². The fraction of sp³-hybridized carbons (Fsp3) is 0.545. The number of hydrogen-bond donors (Lipinski definition) is 1. The van der Waals surface area contributed by atoms with Crippen LogP contribution >= 0.6 is 27.3 Å². The van der Waals surface area contributed by atoms with Gasteiger partial charge in [0, 0.05) is 17.9 Å². The lowest BCUT2D eigenvalue weighted by molar-refractivity contribution is -0.380. The summed E-state index contributed by atoms with van der Waals surface area (Å²) in [5.41, 5.74) is 0. The molecule has 0 aliphatic heterocycles. The molecule has 1 aromatic heterocycles. The minimum atomic E-state index is -0.487. The normalized spacial score (nSPS) is 12.1. The molecule has 7 heteroatoms. The van der Waals surface area contributed by atoms with E-state index in [0.29, 0.717) is 17.3 Å². The van der Waals surface area contributed by atoms with Crippen molar-refractivity contribution in [3.63, 3.8) is 0 Å². The number of carbonyl (C=O) groups is 1.